The molecular formula is C21H19F3N4O3. The lowest BCUT2D eigenvalue weighted by Crippen LogP contribution is -2.38. The fourth-order valence-electron chi connectivity index (χ4n) is 3.32. The van der Waals surface area contributed by atoms with E-state index in [1.807, 2.05) is 0 Å². The zero-order chi connectivity index (χ0) is 22.0. The standard InChI is InChI=1S/C21H19F3N4O3/c1-14-16(11-26-28(14)19-4-2-3-7-25-19)20(29)27(13-21(22,23)24)12-15-5-6-17-18(10-15)31-9-8-30-17/h2-7,10-11H,8-9,12-13H2,1H3. The molecule has 10 heteroatoms. The van der Waals surface area contributed by atoms with E-state index in [4.69, 9.17) is 9.47 Å². The summed E-state index contributed by atoms with van der Waals surface area (Å²) in [6.45, 7) is 0.737. The van der Waals surface area contributed by atoms with Crippen molar-refractivity contribution in [1.29, 1.82) is 0 Å². The third-order valence-electron chi connectivity index (χ3n) is 4.74. The Kier molecular flexibility index (Phi) is 5.53. The molecule has 1 amide bonds. The van der Waals surface area contributed by atoms with E-state index in [1.54, 1.807) is 49.5 Å². The van der Waals surface area contributed by atoms with E-state index < -0.39 is 18.6 Å². The summed E-state index contributed by atoms with van der Waals surface area (Å²) in [5, 5.41) is 4.14. The fourth-order valence-corrected chi connectivity index (χ4v) is 3.32. The van der Waals surface area contributed by atoms with Crippen molar-refractivity contribution in [2.75, 3.05) is 19.8 Å². The smallest absolute Gasteiger partial charge is 0.406 e. The Balaban J connectivity index is 1.62. The summed E-state index contributed by atoms with van der Waals surface area (Å²) in [7, 11) is 0. The molecule has 3 heterocycles. The molecular weight excluding hydrogens is 413 g/mol. The molecule has 162 valence electrons. The number of fused-ring (bicyclic) bond motifs is 1. The van der Waals surface area contributed by atoms with Crippen LogP contribution in [0, 0.1) is 6.92 Å². The van der Waals surface area contributed by atoms with E-state index in [0.717, 1.165) is 4.90 Å². The third-order valence-corrected chi connectivity index (χ3v) is 4.74. The van der Waals surface area contributed by atoms with Gasteiger partial charge < -0.3 is 14.4 Å². The van der Waals surface area contributed by atoms with Crippen LogP contribution >= 0.6 is 0 Å². The number of aromatic nitrogens is 3. The predicted octanol–water partition coefficient (Wildman–Crippen LogP) is 3.55. The minimum atomic E-state index is -4.56. The molecule has 1 aromatic carbocycles. The number of ether oxygens (including phenoxy) is 2. The van der Waals surface area contributed by atoms with E-state index in [0.29, 0.717) is 41.8 Å². The summed E-state index contributed by atoms with van der Waals surface area (Å²) in [4.78, 5) is 18.0. The van der Waals surface area contributed by atoms with Crippen LogP contribution in [0.2, 0.25) is 0 Å². The number of alkyl halides is 3. The van der Waals surface area contributed by atoms with Crippen molar-refractivity contribution < 1.29 is 27.4 Å². The third kappa shape index (κ3) is 4.62. The van der Waals surface area contributed by atoms with Crippen molar-refractivity contribution in [2.24, 2.45) is 0 Å². The van der Waals surface area contributed by atoms with Crippen LogP contribution in [-0.4, -0.2) is 51.5 Å². The molecule has 0 atom stereocenters. The molecule has 3 aromatic rings. The van der Waals surface area contributed by atoms with Gasteiger partial charge in [-0.15, -0.1) is 0 Å². The Bertz CT molecular complexity index is 1080. The van der Waals surface area contributed by atoms with Crippen LogP contribution in [0.3, 0.4) is 0 Å². The summed E-state index contributed by atoms with van der Waals surface area (Å²) in [6.07, 6.45) is -1.73. The highest BCUT2D eigenvalue weighted by atomic mass is 19.4. The summed E-state index contributed by atoms with van der Waals surface area (Å²) >= 11 is 0. The van der Waals surface area contributed by atoms with Gasteiger partial charge in [-0.3, -0.25) is 4.79 Å². The highest BCUT2D eigenvalue weighted by molar-refractivity contribution is 5.95. The second kappa shape index (κ2) is 8.29. The SMILES string of the molecule is Cc1c(C(=O)N(Cc2ccc3c(c2)OCCO3)CC(F)(F)F)cnn1-c1ccccn1. The second-order valence-electron chi connectivity index (χ2n) is 7.00. The topological polar surface area (TPSA) is 69.5 Å². The highest BCUT2D eigenvalue weighted by Gasteiger charge is 2.34. The number of pyridine rings is 1. The zero-order valence-electron chi connectivity index (χ0n) is 16.6. The maximum Gasteiger partial charge on any atom is 0.406 e. The van der Waals surface area contributed by atoms with Gasteiger partial charge in [-0.05, 0) is 36.8 Å². The van der Waals surface area contributed by atoms with Crippen LogP contribution < -0.4 is 9.47 Å². The maximum atomic E-state index is 13.3. The van der Waals surface area contributed by atoms with Crippen LogP contribution in [0.5, 0.6) is 11.5 Å². The number of nitrogens with zero attached hydrogens (tertiary/aromatic N) is 4. The molecule has 7 nitrogen and oxygen atoms in total. The highest BCUT2D eigenvalue weighted by Crippen LogP contribution is 2.32. The van der Waals surface area contributed by atoms with Gasteiger partial charge in [0.15, 0.2) is 17.3 Å². The van der Waals surface area contributed by atoms with Crippen molar-refractivity contribution in [3.8, 4) is 17.3 Å². The van der Waals surface area contributed by atoms with Crippen molar-refractivity contribution in [3.05, 3.63) is 65.6 Å². The number of rotatable bonds is 5. The van der Waals surface area contributed by atoms with E-state index in [2.05, 4.69) is 10.1 Å². The Labute approximate surface area is 176 Å². The Morgan fingerprint density at radius 1 is 1.16 bits per heavy atom. The molecule has 1 aliphatic rings. The second-order valence-corrected chi connectivity index (χ2v) is 7.00. The molecule has 0 N–H and O–H groups in total. The molecule has 2 aromatic heterocycles. The molecule has 0 bridgehead atoms. The quantitative estimate of drug-likeness (QED) is 0.617. The van der Waals surface area contributed by atoms with Gasteiger partial charge in [-0.1, -0.05) is 12.1 Å². The van der Waals surface area contributed by atoms with Crippen molar-refractivity contribution in [1.82, 2.24) is 19.7 Å². The average molecular weight is 432 g/mol. The lowest BCUT2D eigenvalue weighted by molar-refractivity contribution is -0.141. The van der Waals surface area contributed by atoms with Crippen LogP contribution in [0.15, 0.2) is 48.8 Å². The normalized spacial score (nSPS) is 13.2. The molecule has 31 heavy (non-hydrogen) atoms. The minimum Gasteiger partial charge on any atom is -0.486 e. The monoisotopic (exact) mass is 432 g/mol. The lowest BCUT2D eigenvalue weighted by atomic mass is 10.1. The minimum absolute atomic E-state index is 0.0763. The van der Waals surface area contributed by atoms with Crippen molar-refractivity contribution in [2.45, 2.75) is 19.6 Å². The lowest BCUT2D eigenvalue weighted by Gasteiger charge is -2.25. The van der Waals surface area contributed by atoms with Gasteiger partial charge >= 0.3 is 6.18 Å². The number of carbonyl (C=O) groups excluding carboxylic acids is 1. The summed E-state index contributed by atoms with van der Waals surface area (Å²) in [6, 6.07) is 10.0. The molecule has 0 aliphatic carbocycles. The number of halogens is 3. The Hall–Kier alpha value is -3.56. The Morgan fingerprint density at radius 3 is 2.65 bits per heavy atom. The van der Waals surface area contributed by atoms with Gasteiger partial charge in [0.2, 0.25) is 0 Å². The van der Waals surface area contributed by atoms with Crippen LogP contribution in [-0.2, 0) is 6.54 Å². The van der Waals surface area contributed by atoms with Gasteiger partial charge in [0.05, 0.1) is 17.5 Å². The number of hydrogen-bond acceptors (Lipinski definition) is 5. The van der Waals surface area contributed by atoms with Crippen LogP contribution in [0.25, 0.3) is 5.82 Å². The number of amides is 1. The maximum absolute atomic E-state index is 13.3. The van der Waals surface area contributed by atoms with E-state index >= 15 is 0 Å². The molecule has 0 radical (unpaired) electrons. The fraction of sp³-hybridized carbons (Fsp3) is 0.286. The summed E-state index contributed by atoms with van der Waals surface area (Å²) in [5.74, 6) is 0.665. The first-order chi connectivity index (χ1) is 14.8. The van der Waals surface area contributed by atoms with Crippen LogP contribution in [0.1, 0.15) is 21.6 Å². The number of carbonyl (C=O) groups is 1. The average Bonchev–Trinajstić information content (AvgIpc) is 3.13. The zero-order valence-corrected chi connectivity index (χ0v) is 16.6. The van der Waals surface area contributed by atoms with Gasteiger partial charge in [0, 0.05) is 12.7 Å². The van der Waals surface area contributed by atoms with Gasteiger partial charge in [-0.25, -0.2) is 9.67 Å². The predicted molar refractivity (Wildman–Crippen MR) is 104 cm³/mol. The van der Waals surface area contributed by atoms with Crippen molar-refractivity contribution >= 4 is 5.91 Å². The molecule has 0 saturated heterocycles. The first-order valence-electron chi connectivity index (χ1n) is 9.52. The van der Waals surface area contributed by atoms with E-state index in [9.17, 15) is 18.0 Å². The number of benzene rings is 1. The number of hydrogen-bond donors (Lipinski definition) is 0. The van der Waals surface area contributed by atoms with Gasteiger partial charge in [-0.2, -0.15) is 18.3 Å². The largest absolute Gasteiger partial charge is 0.486 e. The molecule has 0 saturated carbocycles. The molecule has 0 fully saturated rings. The molecule has 1 aliphatic heterocycles. The van der Waals surface area contributed by atoms with Gasteiger partial charge in [0.1, 0.15) is 19.8 Å². The molecule has 0 spiro atoms. The summed E-state index contributed by atoms with van der Waals surface area (Å²) in [5.41, 5.74) is 0.974. The van der Waals surface area contributed by atoms with Gasteiger partial charge in [0.25, 0.3) is 5.91 Å². The van der Waals surface area contributed by atoms with Crippen LogP contribution in [0.4, 0.5) is 13.2 Å². The molecule has 4 rings (SSSR count). The van der Waals surface area contributed by atoms with E-state index in [1.165, 1.54) is 10.9 Å². The first kappa shape index (κ1) is 20.7. The molecule has 0 unspecified atom stereocenters. The van der Waals surface area contributed by atoms with Crippen molar-refractivity contribution in [3.63, 3.8) is 0 Å². The Morgan fingerprint density at radius 2 is 1.94 bits per heavy atom. The first-order valence-corrected chi connectivity index (χ1v) is 9.52. The summed E-state index contributed by atoms with van der Waals surface area (Å²) < 4.78 is 52.1. The van der Waals surface area contributed by atoms with E-state index in [-0.39, 0.29) is 12.1 Å².